The third kappa shape index (κ3) is 1.62. The molecule has 2 nitrogen and oxygen atoms in total. The number of aryl methyl sites for hydroxylation is 1. The first-order chi connectivity index (χ1) is 7.83. The Balaban J connectivity index is 2.20. The second-order valence-electron chi connectivity index (χ2n) is 4.22. The van der Waals surface area contributed by atoms with Crippen LogP contribution in [-0.4, -0.2) is 11.5 Å². The maximum Gasteiger partial charge on any atom is 0.129 e. The molecule has 0 atom stereocenters. The van der Waals surface area contributed by atoms with Crippen molar-refractivity contribution in [2.75, 3.05) is 11.9 Å². The fraction of sp³-hybridized carbons (Fsp3) is 0.308. The minimum absolute atomic E-state index is 0.228. The van der Waals surface area contributed by atoms with E-state index in [0.29, 0.717) is 0 Å². The van der Waals surface area contributed by atoms with Crippen molar-refractivity contribution in [2.24, 2.45) is 0 Å². The maximum absolute atomic E-state index is 13.1. The Morgan fingerprint density at radius 1 is 1.19 bits per heavy atom. The Kier molecular flexibility index (Phi) is 2.24. The zero-order chi connectivity index (χ0) is 11.0. The first kappa shape index (κ1) is 9.58. The molecule has 0 saturated heterocycles. The Hall–Kier alpha value is -1.64. The van der Waals surface area contributed by atoms with E-state index in [1.807, 2.05) is 0 Å². The number of hydrogen-bond acceptors (Lipinski definition) is 2. The molecular weight excluding hydrogens is 203 g/mol. The van der Waals surface area contributed by atoms with Gasteiger partial charge in [0.25, 0.3) is 0 Å². The minimum Gasteiger partial charge on any atom is -0.370 e. The Morgan fingerprint density at radius 2 is 2.12 bits per heavy atom. The molecule has 1 aliphatic heterocycles. The molecule has 0 spiro atoms. The van der Waals surface area contributed by atoms with E-state index in [9.17, 15) is 4.39 Å². The average molecular weight is 216 g/mol. The van der Waals surface area contributed by atoms with E-state index < -0.39 is 0 Å². The van der Waals surface area contributed by atoms with Gasteiger partial charge in [-0.3, -0.25) is 0 Å². The van der Waals surface area contributed by atoms with E-state index in [2.05, 4.69) is 16.4 Å². The number of rotatable bonds is 0. The van der Waals surface area contributed by atoms with Crippen LogP contribution in [0, 0.1) is 5.82 Å². The van der Waals surface area contributed by atoms with Gasteiger partial charge in [0.15, 0.2) is 0 Å². The van der Waals surface area contributed by atoms with Gasteiger partial charge < -0.3 is 5.32 Å². The number of anilines is 1. The predicted octanol–water partition coefficient (Wildman–Crippen LogP) is 3.12. The smallest absolute Gasteiger partial charge is 0.129 e. The molecule has 3 heteroatoms. The fourth-order valence-corrected chi connectivity index (χ4v) is 2.17. The quantitative estimate of drug-likeness (QED) is 0.731. The molecule has 2 aromatic rings. The highest BCUT2D eigenvalue weighted by atomic mass is 19.1. The summed E-state index contributed by atoms with van der Waals surface area (Å²) in [4.78, 5) is 4.49. The van der Waals surface area contributed by atoms with E-state index in [1.54, 1.807) is 6.07 Å². The molecule has 1 aliphatic rings. The highest BCUT2D eigenvalue weighted by Crippen LogP contribution is 2.24. The number of nitrogens with zero attached hydrogens (tertiary/aromatic N) is 1. The summed E-state index contributed by atoms with van der Waals surface area (Å²) >= 11 is 0. The molecule has 16 heavy (non-hydrogen) atoms. The van der Waals surface area contributed by atoms with Crippen LogP contribution in [0.4, 0.5) is 10.2 Å². The lowest BCUT2D eigenvalue weighted by molar-refractivity contribution is 0.629. The summed E-state index contributed by atoms with van der Waals surface area (Å²) in [6.45, 7) is 0.959. The van der Waals surface area contributed by atoms with E-state index in [0.717, 1.165) is 29.7 Å². The molecule has 0 unspecified atom stereocenters. The van der Waals surface area contributed by atoms with Crippen molar-refractivity contribution >= 4 is 16.7 Å². The summed E-state index contributed by atoms with van der Waals surface area (Å²) in [7, 11) is 0. The number of hydrogen-bond donors (Lipinski definition) is 1. The molecule has 1 aromatic heterocycles. The molecule has 0 saturated carbocycles. The van der Waals surface area contributed by atoms with E-state index >= 15 is 0 Å². The third-order valence-corrected chi connectivity index (χ3v) is 3.02. The standard InChI is InChI=1S/C13H13FN2/c14-11-5-4-9-7-10-3-1-2-6-15-13(10)16-12(9)8-11/h4-5,7-8H,1-3,6H2,(H,15,16). The Bertz CT molecular complexity index is 537. The second-order valence-corrected chi connectivity index (χ2v) is 4.22. The molecular formula is C13H13FN2. The Labute approximate surface area is 93.5 Å². The molecule has 0 amide bonds. The third-order valence-electron chi connectivity index (χ3n) is 3.02. The van der Waals surface area contributed by atoms with Crippen LogP contribution in [0.5, 0.6) is 0 Å². The van der Waals surface area contributed by atoms with Crippen LogP contribution in [0.2, 0.25) is 0 Å². The molecule has 1 N–H and O–H groups in total. The monoisotopic (exact) mass is 216 g/mol. The molecule has 0 bridgehead atoms. The summed E-state index contributed by atoms with van der Waals surface area (Å²) in [5.74, 6) is 0.698. The van der Waals surface area contributed by atoms with E-state index in [4.69, 9.17) is 0 Å². The largest absolute Gasteiger partial charge is 0.370 e. The van der Waals surface area contributed by atoms with Crippen molar-refractivity contribution in [3.05, 3.63) is 35.6 Å². The van der Waals surface area contributed by atoms with Crippen molar-refractivity contribution in [1.29, 1.82) is 0 Å². The van der Waals surface area contributed by atoms with Crippen molar-refractivity contribution in [3.63, 3.8) is 0 Å². The molecule has 3 rings (SSSR count). The highest BCUT2D eigenvalue weighted by molar-refractivity contribution is 5.81. The van der Waals surface area contributed by atoms with E-state index in [-0.39, 0.29) is 5.82 Å². The van der Waals surface area contributed by atoms with Gasteiger partial charge in [0.05, 0.1) is 5.52 Å². The van der Waals surface area contributed by atoms with Crippen LogP contribution >= 0.6 is 0 Å². The second kappa shape index (κ2) is 3.74. The minimum atomic E-state index is -0.228. The topological polar surface area (TPSA) is 24.9 Å². The van der Waals surface area contributed by atoms with E-state index in [1.165, 1.54) is 30.5 Å². The first-order valence-corrected chi connectivity index (χ1v) is 5.66. The fourth-order valence-electron chi connectivity index (χ4n) is 2.17. The van der Waals surface area contributed by atoms with Gasteiger partial charge in [-0.2, -0.15) is 0 Å². The number of fused-ring (bicyclic) bond motifs is 2. The summed E-state index contributed by atoms with van der Waals surface area (Å²) in [5, 5.41) is 4.32. The van der Waals surface area contributed by atoms with Crippen molar-refractivity contribution in [1.82, 2.24) is 4.98 Å². The average Bonchev–Trinajstić information content (AvgIpc) is 2.50. The molecule has 2 heterocycles. The van der Waals surface area contributed by atoms with Crippen LogP contribution in [0.15, 0.2) is 24.3 Å². The van der Waals surface area contributed by atoms with Gasteiger partial charge in [0, 0.05) is 18.0 Å². The number of pyridine rings is 1. The molecule has 0 fully saturated rings. The van der Waals surface area contributed by atoms with Gasteiger partial charge in [-0.25, -0.2) is 9.37 Å². The van der Waals surface area contributed by atoms with Gasteiger partial charge >= 0.3 is 0 Å². The molecule has 1 aromatic carbocycles. The van der Waals surface area contributed by atoms with Gasteiger partial charge in [-0.15, -0.1) is 0 Å². The Morgan fingerprint density at radius 3 is 3.06 bits per heavy atom. The summed E-state index contributed by atoms with van der Waals surface area (Å²) < 4.78 is 13.1. The zero-order valence-corrected chi connectivity index (χ0v) is 8.96. The van der Waals surface area contributed by atoms with Crippen molar-refractivity contribution in [3.8, 4) is 0 Å². The summed E-state index contributed by atoms with van der Waals surface area (Å²) in [5.41, 5.74) is 1.98. The summed E-state index contributed by atoms with van der Waals surface area (Å²) in [6.07, 6.45) is 3.41. The van der Waals surface area contributed by atoms with Crippen LogP contribution < -0.4 is 5.32 Å². The number of aromatic nitrogens is 1. The lowest BCUT2D eigenvalue weighted by Crippen LogP contribution is -2.02. The van der Waals surface area contributed by atoms with Crippen LogP contribution in [0.1, 0.15) is 18.4 Å². The van der Waals surface area contributed by atoms with Gasteiger partial charge in [-0.05, 0) is 43.0 Å². The van der Waals surface area contributed by atoms with Crippen molar-refractivity contribution < 1.29 is 4.39 Å². The lowest BCUT2D eigenvalue weighted by atomic mass is 10.1. The van der Waals surface area contributed by atoms with Crippen LogP contribution in [0.25, 0.3) is 10.9 Å². The summed E-state index contributed by atoms with van der Waals surface area (Å²) in [6, 6.07) is 6.89. The number of benzene rings is 1. The van der Waals surface area contributed by atoms with Gasteiger partial charge in [0.1, 0.15) is 11.6 Å². The predicted molar refractivity (Wildman–Crippen MR) is 63.1 cm³/mol. The first-order valence-electron chi connectivity index (χ1n) is 5.66. The zero-order valence-electron chi connectivity index (χ0n) is 8.96. The normalized spacial score (nSPS) is 15.3. The molecule has 0 aliphatic carbocycles. The molecule has 82 valence electrons. The highest BCUT2D eigenvalue weighted by Gasteiger charge is 2.10. The number of nitrogens with one attached hydrogen (secondary N) is 1. The number of halogens is 1. The van der Waals surface area contributed by atoms with Gasteiger partial charge in [0.2, 0.25) is 0 Å². The maximum atomic E-state index is 13.1. The SMILES string of the molecule is Fc1ccc2cc3c(nc2c1)NCCCC3. The molecule has 0 radical (unpaired) electrons. The van der Waals surface area contributed by atoms with Gasteiger partial charge in [-0.1, -0.05) is 0 Å². The van der Waals surface area contributed by atoms with Crippen molar-refractivity contribution in [2.45, 2.75) is 19.3 Å². The lowest BCUT2D eigenvalue weighted by Gasteiger charge is -2.08. The van der Waals surface area contributed by atoms with Crippen LogP contribution in [-0.2, 0) is 6.42 Å². The van der Waals surface area contributed by atoms with Crippen LogP contribution in [0.3, 0.4) is 0 Å².